The molecule has 0 spiro atoms. The predicted octanol–water partition coefficient (Wildman–Crippen LogP) is 3.09. The van der Waals surface area contributed by atoms with Gasteiger partial charge in [-0.15, -0.1) is 24.0 Å². The molecule has 1 N–H and O–H groups in total. The van der Waals surface area contributed by atoms with E-state index in [9.17, 15) is 4.79 Å². The van der Waals surface area contributed by atoms with E-state index < -0.39 is 0 Å². The van der Waals surface area contributed by atoms with E-state index in [4.69, 9.17) is 18.9 Å². The molecule has 1 atom stereocenters. The van der Waals surface area contributed by atoms with Crippen LogP contribution in [-0.2, 0) is 20.7 Å². The van der Waals surface area contributed by atoms with Crippen LogP contribution in [0.4, 0.5) is 0 Å². The van der Waals surface area contributed by atoms with Gasteiger partial charge in [-0.25, -0.2) is 0 Å². The molecule has 2 heterocycles. The molecule has 0 aromatic carbocycles. The van der Waals surface area contributed by atoms with Gasteiger partial charge < -0.3 is 24.1 Å². The fourth-order valence-corrected chi connectivity index (χ4v) is 3.14. The molecule has 1 unspecified atom stereocenters. The van der Waals surface area contributed by atoms with Crippen LogP contribution in [0.3, 0.4) is 0 Å². The Morgan fingerprint density at radius 3 is 2.96 bits per heavy atom. The van der Waals surface area contributed by atoms with E-state index in [0.717, 1.165) is 57.1 Å². The highest BCUT2D eigenvalue weighted by Crippen LogP contribution is 2.18. The van der Waals surface area contributed by atoms with Gasteiger partial charge in [0.05, 0.1) is 18.8 Å². The normalized spacial score (nSPS) is 17.1. The number of carbonyl (C=O) groups is 1. The minimum Gasteiger partial charge on any atom is -0.469 e. The first-order valence-electron chi connectivity index (χ1n) is 10.0. The van der Waals surface area contributed by atoms with Gasteiger partial charge in [-0.05, 0) is 45.2 Å². The number of nitrogens with zero attached hydrogens (tertiary/aromatic N) is 2. The van der Waals surface area contributed by atoms with Crippen molar-refractivity contribution in [1.82, 2.24) is 10.2 Å². The van der Waals surface area contributed by atoms with Crippen molar-refractivity contribution < 1.29 is 18.7 Å². The second-order valence-electron chi connectivity index (χ2n) is 6.55. The van der Waals surface area contributed by atoms with E-state index in [0.29, 0.717) is 26.3 Å². The number of rotatable bonds is 10. The third kappa shape index (κ3) is 8.81. The molecule has 0 bridgehead atoms. The Bertz CT molecular complexity index is 566. The first kappa shape index (κ1) is 24.7. The summed E-state index contributed by atoms with van der Waals surface area (Å²) in [5.74, 6) is 1.61. The molecule has 7 nitrogen and oxygen atoms in total. The summed E-state index contributed by atoms with van der Waals surface area (Å²) in [6.07, 6.45) is 5.19. The number of ether oxygens (including phenoxy) is 2. The summed E-state index contributed by atoms with van der Waals surface area (Å²) in [5, 5.41) is 3.43. The Morgan fingerprint density at radius 1 is 1.39 bits per heavy atom. The van der Waals surface area contributed by atoms with E-state index in [1.807, 2.05) is 26.0 Å². The number of hydrogen-bond donors (Lipinski definition) is 1. The largest absolute Gasteiger partial charge is 0.469 e. The number of nitrogens with one attached hydrogen (secondary N) is 1. The number of furan rings is 1. The van der Waals surface area contributed by atoms with Crippen molar-refractivity contribution in [2.24, 2.45) is 10.9 Å². The number of piperidine rings is 1. The maximum absolute atomic E-state index is 12.1. The average Bonchev–Trinajstić information content (AvgIpc) is 3.20. The van der Waals surface area contributed by atoms with E-state index >= 15 is 0 Å². The first-order valence-corrected chi connectivity index (χ1v) is 10.0. The minimum absolute atomic E-state index is 0. The van der Waals surface area contributed by atoms with Crippen LogP contribution in [0.25, 0.3) is 0 Å². The molecular weight excluding hydrogens is 473 g/mol. The molecule has 1 aliphatic heterocycles. The van der Waals surface area contributed by atoms with Crippen LogP contribution in [-0.4, -0.2) is 62.8 Å². The molecule has 1 aromatic rings. The molecule has 0 saturated carbocycles. The summed E-state index contributed by atoms with van der Waals surface area (Å²) in [4.78, 5) is 19.1. The fourth-order valence-electron chi connectivity index (χ4n) is 3.14. The Labute approximate surface area is 185 Å². The smallest absolute Gasteiger partial charge is 0.310 e. The number of hydrogen-bond acceptors (Lipinski definition) is 5. The summed E-state index contributed by atoms with van der Waals surface area (Å²) in [7, 11) is 0. The topological polar surface area (TPSA) is 76.3 Å². The number of aliphatic imine (C=N–C) groups is 1. The summed E-state index contributed by atoms with van der Waals surface area (Å²) >= 11 is 0. The standard InChI is InChI=1S/C20H33N3O4.HI/c1-3-25-14-7-11-21-20(22-12-10-18-9-6-15-27-18)23-13-5-8-17(16-23)19(24)26-4-2;/h6,9,15,17H,3-5,7-8,10-14,16H2,1-2H3,(H,21,22);1H. The monoisotopic (exact) mass is 507 g/mol. The molecule has 2 rings (SSSR count). The zero-order chi connectivity index (χ0) is 19.3. The summed E-state index contributed by atoms with van der Waals surface area (Å²) in [6, 6.07) is 3.87. The molecule has 160 valence electrons. The lowest BCUT2D eigenvalue weighted by atomic mass is 9.98. The molecule has 1 aliphatic rings. The molecule has 0 amide bonds. The van der Waals surface area contributed by atoms with Crippen molar-refractivity contribution in [3.05, 3.63) is 24.2 Å². The third-order valence-electron chi connectivity index (χ3n) is 4.49. The molecule has 1 aromatic heterocycles. The zero-order valence-corrected chi connectivity index (χ0v) is 19.4. The lowest BCUT2D eigenvalue weighted by Gasteiger charge is -2.34. The molecule has 1 saturated heterocycles. The van der Waals surface area contributed by atoms with Gasteiger partial charge in [-0.3, -0.25) is 9.79 Å². The third-order valence-corrected chi connectivity index (χ3v) is 4.49. The van der Waals surface area contributed by atoms with Crippen LogP contribution < -0.4 is 5.32 Å². The number of likely N-dealkylation sites (tertiary alicyclic amines) is 1. The quantitative estimate of drug-likeness (QED) is 0.173. The van der Waals surface area contributed by atoms with Crippen molar-refractivity contribution in [3.63, 3.8) is 0 Å². The van der Waals surface area contributed by atoms with Gasteiger partial charge >= 0.3 is 5.97 Å². The van der Waals surface area contributed by atoms with Crippen molar-refractivity contribution in [2.75, 3.05) is 46.0 Å². The van der Waals surface area contributed by atoms with Gasteiger partial charge in [0, 0.05) is 45.8 Å². The number of halogens is 1. The van der Waals surface area contributed by atoms with E-state index in [1.54, 1.807) is 6.26 Å². The highest BCUT2D eigenvalue weighted by molar-refractivity contribution is 14.0. The molecule has 0 aliphatic carbocycles. The highest BCUT2D eigenvalue weighted by atomic mass is 127. The molecular formula is C20H34IN3O4. The molecule has 1 fully saturated rings. The van der Waals surface area contributed by atoms with E-state index in [1.165, 1.54) is 0 Å². The molecule has 28 heavy (non-hydrogen) atoms. The first-order chi connectivity index (χ1) is 13.2. The van der Waals surface area contributed by atoms with Crippen molar-refractivity contribution in [2.45, 2.75) is 39.5 Å². The van der Waals surface area contributed by atoms with Crippen LogP contribution in [0.2, 0.25) is 0 Å². The van der Waals surface area contributed by atoms with Crippen LogP contribution >= 0.6 is 24.0 Å². The van der Waals surface area contributed by atoms with Crippen LogP contribution in [0.15, 0.2) is 27.8 Å². The van der Waals surface area contributed by atoms with Crippen molar-refractivity contribution >= 4 is 35.9 Å². The van der Waals surface area contributed by atoms with Gasteiger partial charge in [0.25, 0.3) is 0 Å². The predicted molar refractivity (Wildman–Crippen MR) is 120 cm³/mol. The minimum atomic E-state index is -0.103. The van der Waals surface area contributed by atoms with Gasteiger partial charge in [-0.2, -0.15) is 0 Å². The van der Waals surface area contributed by atoms with E-state index in [-0.39, 0.29) is 35.9 Å². The van der Waals surface area contributed by atoms with Crippen LogP contribution in [0.5, 0.6) is 0 Å². The second-order valence-corrected chi connectivity index (χ2v) is 6.55. The van der Waals surface area contributed by atoms with Crippen molar-refractivity contribution in [3.8, 4) is 0 Å². The van der Waals surface area contributed by atoms with Crippen LogP contribution in [0, 0.1) is 5.92 Å². The SMILES string of the molecule is CCOCCCN=C(NCCc1ccco1)N1CCCC(C(=O)OCC)C1.I. The Hall–Kier alpha value is -1.29. The fraction of sp³-hybridized carbons (Fsp3) is 0.700. The van der Waals surface area contributed by atoms with Gasteiger partial charge in [0.15, 0.2) is 5.96 Å². The lowest BCUT2D eigenvalue weighted by Crippen LogP contribution is -2.48. The Balaban J connectivity index is 0.00000392. The number of carbonyl (C=O) groups excluding carboxylic acids is 1. The van der Waals surface area contributed by atoms with Gasteiger partial charge in [0.1, 0.15) is 5.76 Å². The highest BCUT2D eigenvalue weighted by Gasteiger charge is 2.28. The van der Waals surface area contributed by atoms with E-state index in [2.05, 4.69) is 10.2 Å². The van der Waals surface area contributed by atoms with Crippen molar-refractivity contribution in [1.29, 1.82) is 0 Å². The average molecular weight is 507 g/mol. The number of esters is 1. The molecule has 0 radical (unpaired) electrons. The summed E-state index contributed by atoms with van der Waals surface area (Å²) < 4.78 is 16.0. The number of guanidine groups is 1. The summed E-state index contributed by atoms with van der Waals surface area (Å²) in [6.45, 7) is 8.69. The zero-order valence-electron chi connectivity index (χ0n) is 17.0. The maximum atomic E-state index is 12.1. The Kier molecular flexibility index (Phi) is 13.0. The maximum Gasteiger partial charge on any atom is 0.310 e. The van der Waals surface area contributed by atoms with Crippen LogP contribution in [0.1, 0.15) is 38.9 Å². The second kappa shape index (κ2) is 14.7. The lowest BCUT2D eigenvalue weighted by molar-refractivity contribution is -0.149. The van der Waals surface area contributed by atoms with Gasteiger partial charge in [-0.1, -0.05) is 0 Å². The summed E-state index contributed by atoms with van der Waals surface area (Å²) in [5.41, 5.74) is 0. The van der Waals surface area contributed by atoms with Gasteiger partial charge in [0.2, 0.25) is 0 Å². The Morgan fingerprint density at radius 2 is 2.25 bits per heavy atom. The molecule has 8 heteroatoms.